The molecule has 0 saturated carbocycles. The van der Waals surface area contributed by atoms with Gasteiger partial charge in [-0.1, -0.05) is 0 Å². The third-order valence-corrected chi connectivity index (χ3v) is 0.468. The molecule has 0 unspecified atom stereocenters. The Morgan fingerprint density at radius 3 is 2.00 bits per heavy atom. The molecule has 0 radical (unpaired) electrons. The van der Waals surface area contributed by atoms with Gasteiger partial charge in [-0.2, -0.15) is 12.6 Å². The Kier molecular flexibility index (Phi) is 8.59. The van der Waals surface area contributed by atoms with E-state index in [4.69, 9.17) is 0 Å². The average Bonchev–Trinajstić information content (AvgIpc) is 1.38. The quantitative estimate of drug-likeness (QED) is 0.343. The van der Waals surface area contributed by atoms with Gasteiger partial charge >= 0.3 is 17.6 Å². The molecule has 0 aliphatic heterocycles. The van der Waals surface area contributed by atoms with Gasteiger partial charge in [0.1, 0.15) is 0 Å². The van der Waals surface area contributed by atoms with Crippen LogP contribution >= 0.6 is 12.6 Å². The molecule has 0 aliphatic rings. The van der Waals surface area contributed by atoms with Crippen LogP contribution in [0.5, 0.6) is 0 Å². The van der Waals surface area contributed by atoms with Crippen LogP contribution in [-0.2, 0) is 4.79 Å². The van der Waals surface area contributed by atoms with Crippen LogP contribution in [0.3, 0.4) is 0 Å². The van der Waals surface area contributed by atoms with E-state index < -0.39 is 0 Å². The molecule has 0 spiro atoms. The van der Waals surface area contributed by atoms with Crippen molar-refractivity contribution < 1.29 is 4.79 Å². The standard InChI is InChI=1S/C2H5NOS.GeH4/c3-2(4)1-5;/h5H,1H2,(H2,3,4);1H4. The summed E-state index contributed by atoms with van der Waals surface area (Å²) in [4.78, 5) is 9.51. The van der Waals surface area contributed by atoms with Crippen LogP contribution in [0.4, 0.5) is 0 Å². The summed E-state index contributed by atoms with van der Waals surface area (Å²) < 4.78 is 0. The summed E-state index contributed by atoms with van der Waals surface area (Å²) >= 11 is 3.54. The number of carbonyl (C=O) groups excluding carboxylic acids is 1. The van der Waals surface area contributed by atoms with Gasteiger partial charge in [0.15, 0.2) is 0 Å². The van der Waals surface area contributed by atoms with E-state index in [1.54, 1.807) is 0 Å². The predicted molar refractivity (Wildman–Crippen MR) is 34.4 cm³/mol. The zero-order valence-corrected chi connectivity index (χ0v) is 3.53. The third-order valence-electron chi connectivity index (χ3n) is 0.156. The van der Waals surface area contributed by atoms with E-state index in [0.29, 0.717) is 0 Å². The second-order valence-electron chi connectivity index (χ2n) is 0.624. The number of primary amides is 1. The van der Waals surface area contributed by atoms with Crippen LogP contribution < -0.4 is 5.73 Å². The fourth-order valence-corrected chi connectivity index (χ4v) is 0. The molecular formula is C2H9GeNOS. The molecule has 2 N–H and O–H groups in total. The zero-order valence-electron chi connectivity index (χ0n) is 2.64. The van der Waals surface area contributed by atoms with Crippen molar-refractivity contribution in [1.29, 1.82) is 0 Å². The Bertz CT molecular complexity index is 48.8. The zero-order chi connectivity index (χ0) is 4.28. The van der Waals surface area contributed by atoms with Crippen molar-refractivity contribution >= 4 is 36.1 Å². The van der Waals surface area contributed by atoms with Crippen molar-refractivity contribution in [3.63, 3.8) is 0 Å². The Balaban J connectivity index is 0. The summed E-state index contributed by atoms with van der Waals surface area (Å²) in [7, 11) is 0. The molecule has 0 saturated heterocycles. The number of carbonyl (C=O) groups is 1. The molecular weight excluding hydrogens is 159 g/mol. The van der Waals surface area contributed by atoms with Crippen LogP contribution in [0.1, 0.15) is 0 Å². The van der Waals surface area contributed by atoms with Crippen molar-refractivity contribution in [2.24, 2.45) is 5.73 Å². The van der Waals surface area contributed by atoms with Gasteiger partial charge in [-0.05, 0) is 0 Å². The van der Waals surface area contributed by atoms with Gasteiger partial charge in [0.25, 0.3) is 0 Å². The molecule has 4 heteroatoms. The number of nitrogens with two attached hydrogens (primary N) is 1. The van der Waals surface area contributed by atoms with Crippen molar-refractivity contribution in [2.45, 2.75) is 0 Å². The summed E-state index contributed by atoms with van der Waals surface area (Å²) in [5.74, 6) is -0.242. The molecule has 0 atom stereocenters. The first-order chi connectivity index (χ1) is 2.27. The number of amides is 1. The Morgan fingerprint density at radius 2 is 2.00 bits per heavy atom. The van der Waals surface area contributed by atoms with E-state index in [1.165, 1.54) is 0 Å². The third kappa shape index (κ3) is 8.84. The Labute approximate surface area is 52.9 Å². The molecule has 0 bridgehead atoms. The normalized spacial score (nSPS) is 6.17. The molecule has 0 aromatic rings. The van der Waals surface area contributed by atoms with E-state index in [2.05, 4.69) is 18.4 Å². The average molecular weight is 168 g/mol. The summed E-state index contributed by atoms with van der Waals surface area (Å²) in [6.45, 7) is 0. The van der Waals surface area contributed by atoms with E-state index in [9.17, 15) is 4.79 Å². The van der Waals surface area contributed by atoms with Gasteiger partial charge in [0.2, 0.25) is 5.91 Å². The topological polar surface area (TPSA) is 43.1 Å². The first-order valence-electron chi connectivity index (χ1n) is 1.16. The van der Waals surface area contributed by atoms with Crippen molar-refractivity contribution in [2.75, 3.05) is 5.75 Å². The summed E-state index contributed by atoms with van der Waals surface area (Å²) in [6.07, 6.45) is 0. The number of thiol groups is 1. The fourth-order valence-electron chi connectivity index (χ4n) is 0. The molecule has 38 valence electrons. The molecule has 6 heavy (non-hydrogen) atoms. The Morgan fingerprint density at radius 1 is 1.83 bits per heavy atom. The first-order valence-corrected chi connectivity index (χ1v) is 1.80. The fraction of sp³-hybridized carbons (Fsp3) is 0.500. The van der Waals surface area contributed by atoms with E-state index in [1.807, 2.05) is 0 Å². The minimum absolute atomic E-state index is 0. The molecule has 0 aromatic carbocycles. The van der Waals surface area contributed by atoms with Crippen LogP contribution in [0.2, 0.25) is 0 Å². The number of hydrogen-bond donors (Lipinski definition) is 2. The number of hydrogen-bond acceptors (Lipinski definition) is 2. The molecule has 0 heterocycles. The van der Waals surface area contributed by atoms with E-state index in [0.717, 1.165) is 0 Å². The molecule has 0 fully saturated rings. The second kappa shape index (κ2) is 5.36. The monoisotopic (exact) mass is 169 g/mol. The van der Waals surface area contributed by atoms with Crippen molar-refractivity contribution in [1.82, 2.24) is 0 Å². The van der Waals surface area contributed by atoms with Crippen LogP contribution in [-0.4, -0.2) is 29.3 Å². The SMILES string of the molecule is NC(=O)CS.[GeH4]. The molecule has 2 nitrogen and oxygen atoms in total. The maximum absolute atomic E-state index is 9.51. The second-order valence-corrected chi connectivity index (χ2v) is 0.941. The summed E-state index contributed by atoms with van der Waals surface area (Å²) in [5.41, 5.74) is 4.58. The first kappa shape index (κ1) is 9.61. The summed E-state index contributed by atoms with van der Waals surface area (Å²) in [5, 5.41) is 0. The molecule has 1 amide bonds. The van der Waals surface area contributed by atoms with E-state index in [-0.39, 0.29) is 29.3 Å². The van der Waals surface area contributed by atoms with Gasteiger partial charge in [-0.25, -0.2) is 0 Å². The Hall–Kier alpha value is 0.363. The van der Waals surface area contributed by atoms with Crippen LogP contribution in [0.25, 0.3) is 0 Å². The van der Waals surface area contributed by atoms with Gasteiger partial charge in [0, 0.05) is 0 Å². The maximum atomic E-state index is 9.51. The van der Waals surface area contributed by atoms with E-state index >= 15 is 0 Å². The molecule has 0 rings (SSSR count). The van der Waals surface area contributed by atoms with Gasteiger partial charge in [-0.3, -0.25) is 4.79 Å². The summed E-state index contributed by atoms with van der Waals surface area (Å²) in [6, 6.07) is 0. The number of rotatable bonds is 1. The van der Waals surface area contributed by atoms with Crippen molar-refractivity contribution in [3.8, 4) is 0 Å². The predicted octanol–water partition coefficient (Wildman–Crippen LogP) is -2.05. The van der Waals surface area contributed by atoms with Gasteiger partial charge in [-0.15, -0.1) is 0 Å². The van der Waals surface area contributed by atoms with Crippen LogP contribution in [0.15, 0.2) is 0 Å². The molecule has 0 aromatic heterocycles. The molecule has 0 aliphatic carbocycles. The van der Waals surface area contributed by atoms with Gasteiger partial charge in [0.05, 0.1) is 5.75 Å². The van der Waals surface area contributed by atoms with Crippen molar-refractivity contribution in [3.05, 3.63) is 0 Å². The minimum atomic E-state index is -0.381. The van der Waals surface area contributed by atoms with Crippen LogP contribution in [0, 0.1) is 0 Å². The van der Waals surface area contributed by atoms with Gasteiger partial charge < -0.3 is 5.73 Å².